The molecule has 0 rings (SSSR count). The first-order valence-electron chi connectivity index (χ1n) is 4.78. The number of hydrogen-bond donors (Lipinski definition) is 2. The molecular formula is C9H18N2O3. The minimum absolute atomic E-state index is 0.0237. The van der Waals surface area contributed by atoms with Crippen LogP contribution in [0.25, 0.3) is 0 Å². The van der Waals surface area contributed by atoms with Crippen molar-refractivity contribution in [3.8, 4) is 0 Å². The molecule has 0 bridgehead atoms. The van der Waals surface area contributed by atoms with Gasteiger partial charge < -0.3 is 10.8 Å². The molecule has 0 fully saturated rings. The van der Waals surface area contributed by atoms with Crippen molar-refractivity contribution < 1.29 is 14.7 Å². The fourth-order valence-electron chi connectivity index (χ4n) is 1.43. The van der Waals surface area contributed by atoms with E-state index in [0.717, 1.165) is 0 Å². The van der Waals surface area contributed by atoms with E-state index in [9.17, 15) is 9.59 Å². The molecule has 1 atom stereocenters. The van der Waals surface area contributed by atoms with Crippen molar-refractivity contribution in [3.05, 3.63) is 0 Å². The number of aliphatic carboxylic acids is 1. The second kappa shape index (κ2) is 6.37. The summed E-state index contributed by atoms with van der Waals surface area (Å²) in [5.41, 5.74) is 5.20. The van der Waals surface area contributed by atoms with Gasteiger partial charge in [-0.3, -0.25) is 14.5 Å². The van der Waals surface area contributed by atoms with Gasteiger partial charge in [0, 0.05) is 6.42 Å². The number of nitrogens with zero attached hydrogens (tertiary/aromatic N) is 1. The third-order valence-electron chi connectivity index (χ3n) is 2.21. The molecule has 3 N–H and O–H groups in total. The molecule has 0 aliphatic rings. The zero-order valence-corrected chi connectivity index (χ0v) is 8.69. The fraction of sp³-hybridized carbons (Fsp3) is 0.778. The largest absolute Gasteiger partial charge is 0.481 e. The van der Waals surface area contributed by atoms with Gasteiger partial charge in [-0.05, 0) is 19.5 Å². The topological polar surface area (TPSA) is 83.6 Å². The van der Waals surface area contributed by atoms with E-state index in [0.29, 0.717) is 13.1 Å². The van der Waals surface area contributed by atoms with Crippen LogP contribution < -0.4 is 5.73 Å². The molecule has 82 valence electrons. The summed E-state index contributed by atoms with van der Waals surface area (Å²) in [7, 11) is 0. The molecule has 0 aliphatic heterocycles. The Morgan fingerprint density at radius 3 is 2.14 bits per heavy atom. The molecule has 0 spiro atoms. The number of carbonyl (C=O) groups is 2. The van der Waals surface area contributed by atoms with Crippen LogP contribution in [-0.2, 0) is 9.59 Å². The Hall–Kier alpha value is -1.10. The maximum atomic E-state index is 11.1. The molecule has 0 aromatic carbocycles. The number of carbonyl (C=O) groups excluding carboxylic acids is 1. The van der Waals surface area contributed by atoms with Gasteiger partial charge in [0.05, 0.1) is 6.04 Å². The summed E-state index contributed by atoms with van der Waals surface area (Å²) in [6.07, 6.45) is 0.260. The third-order valence-corrected chi connectivity index (χ3v) is 2.21. The first kappa shape index (κ1) is 12.9. The van der Waals surface area contributed by atoms with Crippen LogP contribution in [0.2, 0.25) is 0 Å². The van der Waals surface area contributed by atoms with Crippen LogP contribution in [-0.4, -0.2) is 41.0 Å². The van der Waals surface area contributed by atoms with Crippen LogP contribution in [0.4, 0.5) is 0 Å². The first-order chi connectivity index (χ1) is 6.52. The van der Waals surface area contributed by atoms with E-state index < -0.39 is 17.9 Å². The summed E-state index contributed by atoms with van der Waals surface area (Å²) in [6, 6.07) is -0.457. The maximum Gasteiger partial charge on any atom is 0.303 e. The number of amides is 1. The molecular weight excluding hydrogens is 184 g/mol. The smallest absolute Gasteiger partial charge is 0.303 e. The standard InChI is InChI=1S/C9H18N2O3/c1-3-11(4-2)7(9(10)14)5-6-8(12)13/h7H,3-6H2,1-2H3,(H2,10,14)(H,12,13)/t7-/m0/s1. The van der Waals surface area contributed by atoms with Gasteiger partial charge in [0.25, 0.3) is 0 Å². The van der Waals surface area contributed by atoms with E-state index in [-0.39, 0.29) is 12.8 Å². The van der Waals surface area contributed by atoms with Crippen molar-refractivity contribution in [2.75, 3.05) is 13.1 Å². The lowest BCUT2D eigenvalue weighted by atomic mass is 10.1. The van der Waals surface area contributed by atoms with Gasteiger partial charge >= 0.3 is 5.97 Å². The normalized spacial score (nSPS) is 12.8. The van der Waals surface area contributed by atoms with Crippen LogP contribution in [0, 0.1) is 0 Å². The summed E-state index contributed by atoms with van der Waals surface area (Å²) >= 11 is 0. The minimum atomic E-state index is -0.900. The second-order valence-corrected chi connectivity index (χ2v) is 3.07. The lowest BCUT2D eigenvalue weighted by Crippen LogP contribution is -2.44. The molecule has 0 heterocycles. The van der Waals surface area contributed by atoms with E-state index in [1.165, 1.54) is 0 Å². The van der Waals surface area contributed by atoms with Gasteiger partial charge in [0.15, 0.2) is 0 Å². The average Bonchev–Trinajstić information content (AvgIpc) is 2.11. The third kappa shape index (κ3) is 4.23. The monoisotopic (exact) mass is 202 g/mol. The molecule has 0 aliphatic carbocycles. The molecule has 0 saturated carbocycles. The number of hydrogen-bond acceptors (Lipinski definition) is 3. The van der Waals surface area contributed by atoms with E-state index in [1.54, 1.807) is 0 Å². The zero-order valence-electron chi connectivity index (χ0n) is 8.69. The highest BCUT2D eigenvalue weighted by Gasteiger charge is 2.21. The molecule has 5 nitrogen and oxygen atoms in total. The predicted octanol–water partition coefficient (Wildman–Crippen LogP) is 0.0469. The Bertz CT molecular complexity index is 202. The predicted molar refractivity (Wildman–Crippen MR) is 52.8 cm³/mol. The Balaban J connectivity index is 4.27. The van der Waals surface area contributed by atoms with Gasteiger partial charge in [-0.15, -0.1) is 0 Å². The van der Waals surface area contributed by atoms with E-state index in [2.05, 4.69) is 0 Å². The van der Waals surface area contributed by atoms with Crippen LogP contribution in [0.3, 0.4) is 0 Å². The highest BCUT2D eigenvalue weighted by Crippen LogP contribution is 2.06. The second-order valence-electron chi connectivity index (χ2n) is 3.07. The Labute approximate surface area is 83.9 Å². The number of carboxylic acids is 1. The highest BCUT2D eigenvalue weighted by molar-refractivity contribution is 5.80. The SMILES string of the molecule is CCN(CC)[C@@H](CCC(=O)O)C(N)=O. The number of carboxylic acid groups (broad SMARTS) is 1. The first-order valence-corrected chi connectivity index (χ1v) is 4.78. The molecule has 0 aromatic rings. The zero-order chi connectivity index (χ0) is 11.1. The van der Waals surface area contributed by atoms with Gasteiger partial charge in [-0.1, -0.05) is 13.8 Å². The van der Waals surface area contributed by atoms with Gasteiger partial charge in [-0.2, -0.15) is 0 Å². The summed E-state index contributed by atoms with van der Waals surface area (Å²) in [5.74, 6) is -1.35. The Morgan fingerprint density at radius 1 is 1.36 bits per heavy atom. The summed E-state index contributed by atoms with van der Waals surface area (Å²) in [6.45, 7) is 5.23. The number of nitrogens with two attached hydrogens (primary N) is 1. The molecule has 0 saturated heterocycles. The fourth-order valence-corrected chi connectivity index (χ4v) is 1.43. The van der Waals surface area contributed by atoms with Crippen LogP contribution in [0.5, 0.6) is 0 Å². The maximum absolute atomic E-state index is 11.1. The molecule has 1 amide bonds. The van der Waals surface area contributed by atoms with E-state index >= 15 is 0 Å². The highest BCUT2D eigenvalue weighted by atomic mass is 16.4. The average molecular weight is 202 g/mol. The number of primary amides is 1. The van der Waals surface area contributed by atoms with Crippen molar-refractivity contribution in [2.24, 2.45) is 5.73 Å². The van der Waals surface area contributed by atoms with Crippen LogP contribution in [0.1, 0.15) is 26.7 Å². The summed E-state index contributed by atoms with van der Waals surface area (Å²) in [4.78, 5) is 23.3. The quantitative estimate of drug-likeness (QED) is 0.611. The molecule has 0 radical (unpaired) electrons. The lowest BCUT2D eigenvalue weighted by molar-refractivity contribution is -0.137. The van der Waals surface area contributed by atoms with Crippen molar-refractivity contribution in [1.82, 2.24) is 4.90 Å². The van der Waals surface area contributed by atoms with Crippen molar-refractivity contribution in [3.63, 3.8) is 0 Å². The van der Waals surface area contributed by atoms with E-state index in [1.807, 2.05) is 18.7 Å². The van der Waals surface area contributed by atoms with Crippen molar-refractivity contribution in [2.45, 2.75) is 32.7 Å². The minimum Gasteiger partial charge on any atom is -0.481 e. The van der Waals surface area contributed by atoms with E-state index in [4.69, 9.17) is 10.8 Å². The van der Waals surface area contributed by atoms with Crippen molar-refractivity contribution in [1.29, 1.82) is 0 Å². The van der Waals surface area contributed by atoms with Crippen LogP contribution in [0.15, 0.2) is 0 Å². The molecule has 0 aromatic heterocycles. The summed E-state index contributed by atoms with van der Waals surface area (Å²) < 4.78 is 0. The Kier molecular flexibility index (Phi) is 5.87. The lowest BCUT2D eigenvalue weighted by Gasteiger charge is -2.26. The van der Waals surface area contributed by atoms with Gasteiger partial charge in [-0.25, -0.2) is 0 Å². The number of rotatable bonds is 7. The van der Waals surface area contributed by atoms with Crippen LogP contribution >= 0.6 is 0 Å². The van der Waals surface area contributed by atoms with Gasteiger partial charge in [0.1, 0.15) is 0 Å². The van der Waals surface area contributed by atoms with Crippen molar-refractivity contribution >= 4 is 11.9 Å². The molecule has 14 heavy (non-hydrogen) atoms. The summed E-state index contributed by atoms with van der Waals surface area (Å²) in [5, 5.41) is 8.50. The Morgan fingerprint density at radius 2 is 1.86 bits per heavy atom. The van der Waals surface area contributed by atoms with Gasteiger partial charge in [0.2, 0.25) is 5.91 Å². The molecule has 0 unspecified atom stereocenters. The molecule has 5 heteroatoms. The number of likely N-dealkylation sites (N-methyl/N-ethyl adjacent to an activating group) is 1.